The van der Waals surface area contributed by atoms with Crippen LogP contribution in [0.3, 0.4) is 0 Å². The number of benzene rings is 1. The maximum absolute atomic E-state index is 4.82. The van der Waals surface area contributed by atoms with Crippen LogP contribution in [-0.2, 0) is 5.41 Å². The smallest absolute Gasteiger partial charge is 0.151 e. The van der Waals surface area contributed by atoms with Gasteiger partial charge in [0.15, 0.2) is 5.82 Å². The summed E-state index contributed by atoms with van der Waals surface area (Å²) >= 11 is 0. The molecule has 2 aliphatic rings. The molecule has 6 nitrogen and oxygen atoms in total. The molecule has 28 heavy (non-hydrogen) atoms. The van der Waals surface area contributed by atoms with Crippen molar-refractivity contribution in [1.82, 2.24) is 20.2 Å². The van der Waals surface area contributed by atoms with Crippen molar-refractivity contribution in [2.75, 3.05) is 36.0 Å². The van der Waals surface area contributed by atoms with Crippen LogP contribution in [0.2, 0.25) is 0 Å². The summed E-state index contributed by atoms with van der Waals surface area (Å²) in [7, 11) is 0. The first-order valence-corrected chi connectivity index (χ1v) is 10.0. The van der Waals surface area contributed by atoms with Gasteiger partial charge in [-0.15, -0.1) is 5.10 Å². The highest BCUT2D eigenvalue weighted by molar-refractivity contribution is 5.75. The van der Waals surface area contributed by atoms with Gasteiger partial charge in [-0.05, 0) is 24.3 Å². The van der Waals surface area contributed by atoms with Crippen LogP contribution in [0.15, 0.2) is 42.6 Å². The molecule has 2 unspecified atom stereocenters. The quantitative estimate of drug-likeness (QED) is 0.686. The molecule has 0 radical (unpaired) electrons. The van der Waals surface area contributed by atoms with Crippen molar-refractivity contribution in [1.29, 1.82) is 0 Å². The molecular weight excluding hydrogens is 348 g/mol. The lowest BCUT2D eigenvalue weighted by Crippen LogP contribution is -2.30. The van der Waals surface area contributed by atoms with Crippen LogP contribution < -0.4 is 9.80 Å². The van der Waals surface area contributed by atoms with Gasteiger partial charge < -0.3 is 9.80 Å². The fraction of sp³-hybridized carbons (Fsp3) is 0.455. The molecule has 2 fully saturated rings. The zero-order valence-electron chi connectivity index (χ0n) is 16.7. The second-order valence-electron chi connectivity index (χ2n) is 9.07. The molecule has 2 aromatic heterocycles. The summed E-state index contributed by atoms with van der Waals surface area (Å²) in [6.07, 6.45) is 1.91. The number of fused-ring (bicyclic) bond motifs is 2. The molecule has 3 aromatic rings. The van der Waals surface area contributed by atoms with E-state index in [4.69, 9.17) is 4.98 Å². The van der Waals surface area contributed by atoms with Crippen LogP contribution in [0.4, 0.5) is 11.6 Å². The number of anilines is 2. The van der Waals surface area contributed by atoms with Crippen LogP contribution in [0.25, 0.3) is 11.0 Å². The Bertz CT molecular complexity index is 980. The average molecular weight is 374 g/mol. The fourth-order valence-corrected chi connectivity index (χ4v) is 4.36. The first kappa shape index (κ1) is 17.3. The van der Waals surface area contributed by atoms with Gasteiger partial charge in [-0.2, -0.15) is 5.10 Å². The van der Waals surface area contributed by atoms with Crippen molar-refractivity contribution in [3.05, 3.63) is 48.3 Å². The number of aromatic nitrogens is 4. The highest BCUT2D eigenvalue weighted by Gasteiger charge is 2.41. The van der Waals surface area contributed by atoms with Crippen molar-refractivity contribution in [2.24, 2.45) is 11.8 Å². The minimum Gasteiger partial charge on any atom is -0.355 e. The van der Waals surface area contributed by atoms with Crippen molar-refractivity contribution in [2.45, 2.75) is 26.2 Å². The monoisotopic (exact) mass is 374 g/mol. The molecule has 5 rings (SSSR count). The Balaban J connectivity index is 1.28. The van der Waals surface area contributed by atoms with Crippen molar-refractivity contribution >= 4 is 22.7 Å². The lowest BCUT2D eigenvalue weighted by molar-refractivity contribution is 0.533. The maximum Gasteiger partial charge on any atom is 0.151 e. The summed E-state index contributed by atoms with van der Waals surface area (Å²) in [6, 6.07) is 12.3. The van der Waals surface area contributed by atoms with Crippen LogP contribution in [-0.4, -0.2) is 46.3 Å². The fourth-order valence-electron chi connectivity index (χ4n) is 4.36. The molecule has 2 aliphatic heterocycles. The van der Waals surface area contributed by atoms with E-state index >= 15 is 0 Å². The highest BCUT2D eigenvalue weighted by atomic mass is 15.3. The van der Waals surface area contributed by atoms with Crippen molar-refractivity contribution in [3.63, 3.8) is 0 Å². The molecule has 0 spiro atoms. The van der Waals surface area contributed by atoms with Gasteiger partial charge in [0.05, 0.1) is 22.9 Å². The molecule has 0 saturated carbocycles. The van der Waals surface area contributed by atoms with E-state index in [0.29, 0.717) is 11.8 Å². The van der Waals surface area contributed by atoms with Gasteiger partial charge in [-0.1, -0.05) is 32.9 Å². The number of hydrogen-bond donors (Lipinski definition) is 0. The SMILES string of the molecule is CC(C)(C)c1ccc(N2CC3CN(c4cnc5ccccc5n4)CC3C2)nn1. The molecule has 144 valence electrons. The Morgan fingerprint density at radius 2 is 1.43 bits per heavy atom. The Morgan fingerprint density at radius 1 is 0.786 bits per heavy atom. The third-order valence-electron chi connectivity index (χ3n) is 5.99. The summed E-state index contributed by atoms with van der Waals surface area (Å²) < 4.78 is 0. The van der Waals surface area contributed by atoms with E-state index in [1.807, 2.05) is 30.5 Å². The maximum atomic E-state index is 4.82. The number of nitrogens with zero attached hydrogens (tertiary/aromatic N) is 6. The van der Waals surface area contributed by atoms with Crippen LogP contribution in [0.5, 0.6) is 0 Å². The van der Waals surface area contributed by atoms with Gasteiger partial charge in [0, 0.05) is 43.4 Å². The van der Waals surface area contributed by atoms with Gasteiger partial charge in [0.1, 0.15) is 5.82 Å². The van der Waals surface area contributed by atoms with Crippen LogP contribution in [0.1, 0.15) is 26.5 Å². The minimum atomic E-state index is 0.0362. The third kappa shape index (κ3) is 3.07. The molecule has 0 N–H and O–H groups in total. The number of para-hydroxylation sites is 2. The summed E-state index contributed by atoms with van der Waals surface area (Å²) in [5, 5.41) is 8.97. The largest absolute Gasteiger partial charge is 0.355 e. The molecule has 0 amide bonds. The minimum absolute atomic E-state index is 0.0362. The van der Waals surface area contributed by atoms with Gasteiger partial charge >= 0.3 is 0 Å². The second-order valence-corrected chi connectivity index (χ2v) is 9.07. The van der Waals surface area contributed by atoms with Gasteiger partial charge in [0.2, 0.25) is 0 Å². The zero-order valence-corrected chi connectivity index (χ0v) is 16.7. The van der Waals surface area contributed by atoms with E-state index in [9.17, 15) is 0 Å². The lowest BCUT2D eigenvalue weighted by Gasteiger charge is -2.23. The highest BCUT2D eigenvalue weighted by Crippen LogP contribution is 2.35. The predicted molar refractivity (Wildman–Crippen MR) is 112 cm³/mol. The summed E-state index contributed by atoms with van der Waals surface area (Å²) in [5.74, 6) is 3.27. The van der Waals surface area contributed by atoms with Gasteiger partial charge in [0.25, 0.3) is 0 Å². The Kier molecular flexibility index (Phi) is 3.96. The summed E-state index contributed by atoms with van der Waals surface area (Å²) in [4.78, 5) is 14.2. The standard InChI is InChI=1S/C22H26N6/c1-22(2,3)19-8-9-20(26-25-19)27-11-15-13-28(14-16(15)12-27)21-10-23-17-6-4-5-7-18(17)24-21/h4-10,15-16H,11-14H2,1-3H3. The first-order valence-electron chi connectivity index (χ1n) is 10.0. The van der Waals surface area contributed by atoms with Crippen molar-refractivity contribution < 1.29 is 0 Å². The van der Waals surface area contributed by atoms with E-state index in [1.165, 1.54) is 0 Å². The lowest BCUT2D eigenvalue weighted by atomic mass is 9.92. The van der Waals surface area contributed by atoms with E-state index < -0.39 is 0 Å². The molecule has 1 aromatic carbocycles. The molecule has 6 heteroatoms. The first-order chi connectivity index (χ1) is 13.5. The average Bonchev–Trinajstić information content (AvgIpc) is 3.26. The molecule has 4 heterocycles. The number of rotatable bonds is 2. The predicted octanol–water partition coefficient (Wildman–Crippen LogP) is 3.29. The van der Waals surface area contributed by atoms with E-state index in [2.05, 4.69) is 57.9 Å². The molecule has 2 saturated heterocycles. The summed E-state index contributed by atoms with van der Waals surface area (Å²) in [5.41, 5.74) is 2.99. The van der Waals surface area contributed by atoms with E-state index in [-0.39, 0.29) is 5.41 Å². The Labute approximate surface area is 165 Å². The summed E-state index contributed by atoms with van der Waals surface area (Å²) in [6.45, 7) is 10.6. The Hall–Kier alpha value is -2.76. The van der Waals surface area contributed by atoms with Gasteiger partial charge in [-0.25, -0.2) is 4.98 Å². The van der Waals surface area contributed by atoms with Crippen LogP contribution in [0, 0.1) is 11.8 Å². The third-order valence-corrected chi connectivity index (χ3v) is 5.99. The zero-order chi connectivity index (χ0) is 19.3. The van der Waals surface area contributed by atoms with Crippen LogP contribution >= 0.6 is 0 Å². The van der Waals surface area contributed by atoms with E-state index in [1.54, 1.807) is 0 Å². The van der Waals surface area contributed by atoms with Gasteiger partial charge in [-0.3, -0.25) is 4.98 Å². The number of hydrogen-bond acceptors (Lipinski definition) is 6. The Morgan fingerprint density at radius 3 is 2.04 bits per heavy atom. The van der Waals surface area contributed by atoms with Crippen molar-refractivity contribution in [3.8, 4) is 0 Å². The molecular formula is C22H26N6. The van der Waals surface area contributed by atoms with E-state index in [0.717, 1.165) is 54.5 Å². The second kappa shape index (κ2) is 6.40. The topological polar surface area (TPSA) is 58.0 Å². The normalized spacial score (nSPS) is 22.1. The molecule has 0 aliphatic carbocycles. The molecule has 2 atom stereocenters. The molecule has 0 bridgehead atoms.